The van der Waals surface area contributed by atoms with Crippen LogP contribution in [0.5, 0.6) is 5.75 Å². The van der Waals surface area contributed by atoms with E-state index in [-0.39, 0.29) is 17.3 Å². The fourth-order valence-corrected chi connectivity index (χ4v) is 3.18. The van der Waals surface area contributed by atoms with Gasteiger partial charge in [0.1, 0.15) is 5.75 Å². The van der Waals surface area contributed by atoms with Gasteiger partial charge in [-0.15, -0.1) is 0 Å². The third-order valence-corrected chi connectivity index (χ3v) is 4.75. The molecule has 2 aromatic heterocycles. The van der Waals surface area contributed by atoms with Gasteiger partial charge in [-0.2, -0.15) is 0 Å². The summed E-state index contributed by atoms with van der Waals surface area (Å²) >= 11 is 0. The maximum Gasteiger partial charge on any atom is 0.291 e. The fraction of sp³-hybridized carbons (Fsp3) is 0.0870. The lowest BCUT2D eigenvalue weighted by atomic mass is 10.1. The quantitative estimate of drug-likeness (QED) is 0.485. The number of carbonyl (C=O) groups excluding carboxylic acids is 2. The predicted molar refractivity (Wildman–Crippen MR) is 114 cm³/mol. The van der Waals surface area contributed by atoms with Crippen molar-refractivity contribution < 1.29 is 23.1 Å². The van der Waals surface area contributed by atoms with E-state index in [0.29, 0.717) is 33.6 Å². The average Bonchev–Trinajstić information content (AvgIpc) is 3.13. The third kappa shape index (κ3) is 3.95. The van der Waals surface area contributed by atoms with Gasteiger partial charge in [0.05, 0.1) is 18.4 Å². The Bertz CT molecular complexity index is 1280. The molecule has 4 aromatic rings. The number of hydrogen-bond donors (Lipinski definition) is 2. The van der Waals surface area contributed by atoms with Crippen LogP contribution in [0.1, 0.15) is 26.5 Å². The Morgan fingerprint density at radius 3 is 2.61 bits per heavy atom. The van der Waals surface area contributed by atoms with Crippen LogP contribution in [-0.2, 0) is 0 Å². The van der Waals surface area contributed by atoms with E-state index < -0.39 is 11.7 Å². The van der Waals surface area contributed by atoms with E-state index in [1.54, 1.807) is 55.6 Å². The summed E-state index contributed by atoms with van der Waals surface area (Å²) in [6.45, 7) is 1.69. The predicted octanol–water partition coefficient (Wildman–Crippen LogP) is 4.79. The number of ether oxygens (including phenoxy) is 1. The van der Waals surface area contributed by atoms with Crippen molar-refractivity contribution in [3.05, 3.63) is 83.6 Å². The average molecular weight is 419 g/mol. The molecular formula is C23H18FN3O4. The molecule has 2 heterocycles. The Labute approximate surface area is 176 Å². The highest BCUT2D eigenvalue weighted by molar-refractivity contribution is 6.07. The van der Waals surface area contributed by atoms with Crippen molar-refractivity contribution in [2.75, 3.05) is 17.7 Å². The van der Waals surface area contributed by atoms with Gasteiger partial charge in [0.25, 0.3) is 11.8 Å². The van der Waals surface area contributed by atoms with Crippen molar-refractivity contribution in [1.29, 1.82) is 0 Å². The molecule has 31 heavy (non-hydrogen) atoms. The molecule has 0 aliphatic heterocycles. The lowest BCUT2D eigenvalue weighted by Crippen LogP contribution is -2.14. The number of pyridine rings is 1. The number of para-hydroxylation sites is 1. The molecule has 0 atom stereocenters. The van der Waals surface area contributed by atoms with Crippen LogP contribution < -0.4 is 15.4 Å². The molecule has 2 aromatic carbocycles. The van der Waals surface area contributed by atoms with Crippen molar-refractivity contribution in [1.82, 2.24) is 4.98 Å². The fourth-order valence-electron chi connectivity index (χ4n) is 3.18. The highest BCUT2D eigenvalue weighted by atomic mass is 19.1. The number of hydrogen-bond acceptors (Lipinski definition) is 5. The first kappa shape index (κ1) is 20.1. The van der Waals surface area contributed by atoms with E-state index in [1.807, 2.05) is 0 Å². The number of methoxy groups -OCH3 is 1. The van der Waals surface area contributed by atoms with Gasteiger partial charge in [-0.1, -0.05) is 12.1 Å². The summed E-state index contributed by atoms with van der Waals surface area (Å²) in [5.74, 6) is -1.03. The number of nitrogens with zero attached hydrogens (tertiary/aromatic N) is 1. The number of amides is 2. The molecule has 0 aliphatic rings. The first-order valence-electron chi connectivity index (χ1n) is 9.36. The van der Waals surface area contributed by atoms with Crippen LogP contribution >= 0.6 is 0 Å². The molecule has 0 aliphatic carbocycles. The second-order valence-corrected chi connectivity index (χ2v) is 6.74. The van der Waals surface area contributed by atoms with Crippen LogP contribution in [0.3, 0.4) is 0 Å². The summed E-state index contributed by atoms with van der Waals surface area (Å²) in [5, 5.41) is 5.99. The second kappa shape index (κ2) is 8.27. The molecule has 0 saturated carbocycles. The lowest BCUT2D eigenvalue weighted by molar-refractivity contribution is 0.0995. The molecule has 156 valence electrons. The Morgan fingerprint density at radius 1 is 1.06 bits per heavy atom. The van der Waals surface area contributed by atoms with Crippen LogP contribution in [0, 0.1) is 12.7 Å². The molecule has 2 amide bonds. The van der Waals surface area contributed by atoms with E-state index in [0.717, 1.165) is 0 Å². The molecule has 0 radical (unpaired) electrons. The van der Waals surface area contributed by atoms with Crippen LogP contribution in [0.2, 0.25) is 0 Å². The van der Waals surface area contributed by atoms with Gasteiger partial charge in [-0.05, 0) is 37.3 Å². The van der Waals surface area contributed by atoms with Crippen LogP contribution in [0.4, 0.5) is 15.8 Å². The topological polar surface area (TPSA) is 93.5 Å². The summed E-state index contributed by atoms with van der Waals surface area (Å²) < 4.78 is 24.8. The van der Waals surface area contributed by atoms with Gasteiger partial charge in [0.2, 0.25) is 0 Å². The van der Waals surface area contributed by atoms with Crippen molar-refractivity contribution in [3.63, 3.8) is 0 Å². The Morgan fingerprint density at radius 2 is 1.90 bits per heavy atom. The van der Waals surface area contributed by atoms with Gasteiger partial charge < -0.3 is 19.8 Å². The molecule has 8 heteroatoms. The minimum absolute atomic E-state index is 0.0213. The van der Waals surface area contributed by atoms with Gasteiger partial charge in [-0.25, -0.2) is 4.39 Å². The summed E-state index contributed by atoms with van der Waals surface area (Å²) in [7, 11) is 1.45. The monoisotopic (exact) mass is 419 g/mol. The molecule has 2 N–H and O–H groups in total. The number of rotatable bonds is 5. The van der Waals surface area contributed by atoms with Crippen LogP contribution in [0.15, 0.2) is 65.3 Å². The summed E-state index contributed by atoms with van der Waals surface area (Å²) in [6, 6.07) is 12.6. The van der Waals surface area contributed by atoms with Crippen molar-refractivity contribution in [3.8, 4) is 5.75 Å². The SMILES string of the molecule is COc1cc(NC(=O)c2oc3c(F)cccc3c2C)ccc1NC(=O)c1cccnc1. The Kier molecular flexibility index (Phi) is 5.36. The first-order chi connectivity index (χ1) is 15.0. The van der Waals surface area contributed by atoms with E-state index >= 15 is 0 Å². The summed E-state index contributed by atoms with van der Waals surface area (Å²) in [4.78, 5) is 29.0. The van der Waals surface area contributed by atoms with Crippen molar-refractivity contribution in [2.24, 2.45) is 0 Å². The number of benzene rings is 2. The van der Waals surface area contributed by atoms with Crippen LogP contribution in [0.25, 0.3) is 11.0 Å². The third-order valence-electron chi connectivity index (χ3n) is 4.75. The Balaban J connectivity index is 1.56. The van der Waals surface area contributed by atoms with E-state index in [2.05, 4.69) is 15.6 Å². The largest absolute Gasteiger partial charge is 0.494 e. The molecule has 0 bridgehead atoms. The van der Waals surface area contributed by atoms with E-state index in [4.69, 9.17) is 9.15 Å². The summed E-state index contributed by atoms with van der Waals surface area (Å²) in [5.41, 5.74) is 1.82. The number of halogens is 1. The van der Waals surface area contributed by atoms with Crippen LogP contribution in [-0.4, -0.2) is 23.9 Å². The minimum Gasteiger partial charge on any atom is -0.494 e. The number of aromatic nitrogens is 1. The maximum atomic E-state index is 14.0. The van der Waals surface area contributed by atoms with E-state index in [1.165, 1.54) is 19.4 Å². The van der Waals surface area contributed by atoms with Gasteiger partial charge in [0.15, 0.2) is 17.2 Å². The van der Waals surface area contributed by atoms with Gasteiger partial charge in [-0.3, -0.25) is 14.6 Å². The number of carbonyl (C=O) groups is 2. The molecule has 4 rings (SSSR count). The van der Waals surface area contributed by atoms with E-state index in [9.17, 15) is 14.0 Å². The van der Waals surface area contributed by atoms with Gasteiger partial charge >= 0.3 is 0 Å². The molecular weight excluding hydrogens is 401 g/mol. The summed E-state index contributed by atoms with van der Waals surface area (Å²) in [6.07, 6.45) is 3.03. The Hall–Kier alpha value is -4.20. The molecule has 7 nitrogen and oxygen atoms in total. The first-order valence-corrected chi connectivity index (χ1v) is 9.36. The second-order valence-electron chi connectivity index (χ2n) is 6.74. The van der Waals surface area contributed by atoms with Crippen molar-refractivity contribution >= 4 is 34.2 Å². The highest BCUT2D eigenvalue weighted by Crippen LogP contribution is 2.30. The number of anilines is 2. The highest BCUT2D eigenvalue weighted by Gasteiger charge is 2.20. The number of fused-ring (bicyclic) bond motifs is 1. The number of aryl methyl sites for hydroxylation is 1. The minimum atomic E-state index is -0.532. The standard InChI is InChI=1S/C23H18FN3O4/c1-13-16-6-3-7-17(24)21(16)31-20(13)23(29)26-15-8-9-18(19(11-15)30-2)27-22(28)14-5-4-10-25-12-14/h3-12H,1-2H3,(H,26,29)(H,27,28). The normalized spacial score (nSPS) is 10.7. The number of nitrogens with one attached hydrogen (secondary N) is 2. The molecule has 0 saturated heterocycles. The zero-order valence-corrected chi connectivity index (χ0v) is 16.7. The molecule has 0 unspecified atom stereocenters. The molecule has 0 spiro atoms. The number of furan rings is 1. The smallest absolute Gasteiger partial charge is 0.291 e. The van der Waals surface area contributed by atoms with Crippen molar-refractivity contribution in [2.45, 2.75) is 6.92 Å². The zero-order valence-electron chi connectivity index (χ0n) is 16.7. The van der Waals surface area contributed by atoms with Gasteiger partial charge in [0, 0.05) is 35.1 Å². The maximum absolute atomic E-state index is 14.0. The lowest BCUT2D eigenvalue weighted by Gasteiger charge is -2.12. The molecule has 0 fully saturated rings. The zero-order chi connectivity index (χ0) is 22.0.